The highest BCUT2D eigenvalue weighted by Gasteiger charge is 2.26. The van der Waals surface area contributed by atoms with Crippen molar-refractivity contribution >= 4 is 27.5 Å². The summed E-state index contributed by atoms with van der Waals surface area (Å²) < 4.78 is 15.9. The van der Waals surface area contributed by atoms with Crippen molar-refractivity contribution in [2.24, 2.45) is 0 Å². The summed E-state index contributed by atoms with van der Waals surface area (Å²) in [5.74, 6) is -0.513. The molecule has 1 heterocycles. The van der Waals surface area contributed by atoms with Gasteiger partial charge in [-0.25, -0.2) is 9.07 Å². The van der Waals surface area contributed by atoms with E-state index in [1.54, 1.807) is 16.8 Å². The number of nitrogens with zero attached hydrogens (tertiary/aromatic N) is 2. The molecule has 1 aliphatic rings. The van der Waals surface area contributed by atoms with Crippen LogP contribution in [0.25, 0.3) is 5.69 Å². The Kier molecular flexibility index (Phi) is 4.83. The van der Waals surface area contributed by atoms with Crippen molar-refractivity contribution in [2.45, 2.75) is 32.6 Å². The van der Waals surface area contributed by atoms with Crippen LogP contribution in [0.1, 0.15) is 40.2 Å². The number of carbonyl (C=O) groups is 1. The molecule has 2 aromatic carbocycles. The number of carbonyl (C=O) groups excluding carboxylic acids is 1. The SMILES string of the molecule is Cc1ccc(NC(=O)c2nn(-c3ccc(F)cc3)c3c2CCCC3)c(Br)c1. The minimum Gasteiger partial charge on any atom is -0.320 e. The Morgan fingerprint density at radius 1 is 1.15 bits per heavy atom. The zero-order valence-corrected chi connectivity index (χ0v) is 16.5. The normalized spacial score (nSPS) is 13.3. The first-order valence-electron chi connectivity index (χ1n) is 8.97. The topological polar surface area (TPSA) is 46.9 Å². The van der Waals surface area contributed by atoms with E-state index in [9.17, 15) is 9.18 Å². The van der Waals surface area contributed by atoms with Crippen LogP contribution in [-0.4, -0.2) is 15.7 Å². The average Bonchev–Trinajstić information content (AvgIpc) is 3.04. The first-order valence-corrected chi connectivity index (χ1v) is 9.76. The molecule has 1 aliphatic carbocycles. The van der Waals surface area contributed by atoms with Crippen LogP contribution >= 0.6 is 15.9 Å². The summed E-state index contributed by atoms with van der Waals surface area (Å²) in [4.78, 5) is 13.0. The van der Waals surface area contributed by atoms with E-state index in [1.165, 1.54) is 12.1 Å². The molecule has 27 heavy (non-hydrogen) atoms. The molecule has 4 rings (SSSR count). The minimum atomic E-state index is -0.290. The molecule has 3 aromatic rings. The Morgan fingerprint density at radius 3 is 2.63 bits per heavy atom. The van der Waals surface area contributed by atoms with Gasteiger partial charge in [0.15, 0.2) is 5.69 Å². The van der Waals surface area contributed by atoms with Crippen LogP contribution in [-0.2, 0) is 12.8 Å². The summed E-state index contributed by atoms with van der Waals surface area (Å²) >= 11 is 3.50. The van der Waals surface area contributed by atoms with Crippen LogP contribution in [0.2, 0.25) is 0 Å². The molecule has 1 amide bonds. The molecule has 4 nitrogen and oxygen atoms in total. The second-order valence-electron chi connectivity index (χ2n) is 6.81. The lowest BCUT2D eigenvalue weighted by Gasteiger charge is -2.14. The maximum absolute atomic E-state index is 13.3. The molecule has 1 N–H and O–H groups in total. The molecule has 0 saturated heterocycles. The van der Waals surface area contributed by atoms with Gasteiger partial charge in [-0.1, -0.05) is 6.07 Å². The van der Waals surface area contributed by atoms with Gasteiger partial charge >= 0.3 is 0 Å². The molecule has 0 aliphatic heterocycles. The van der Waals surface area contributed by atoms with Crippen molar-refractivity contribution in [3.8, 4) is 5.69 Å². The van der Waals surface area contributed by atoms with Crippen molar-refractivity contribution in [3.05, 3.63) is 75.3 Å². The highest BCUT2D eigenvalue weighted by molar-refractivity contribution is 9.10. The van der Waals surface area contributed by atoms with Crippen LogP contribution in [0.4, 0.5) is 10.1 Å². The lowest BCUT2D eigenvalue weighted by atomic mass is 9.95. The zero-order chi connectivity index (χ0) is 19.0. The number of hydrogen-bond acceptors (Lipinski definition) is 2. The van der Waals surface area contributed by atoms with E-state index >= 15 is 0 Å². The summed E-state index contributed by atoms with van der Waals surface area (Å²) in [5.41, 5.74) is 5.07. The molecule has 6 heteroatoms. The highest BCUT2D eigenvalue weighted by Crippen LogP contribution is 2.29. The Hall–Kier alpha value is -2.47. The zero-order valence-electron chi connectivity index (χ0n) is 14.9. The van der Waals surface area contributed by atoms with Gasteiger partial charge in [0.1, 0.15) is 5.82 Å². The van der Waals surface area contributed by atoms with Crippen molar-refractivity contribution in [3.63, 3.8) is 0 Å². The van der Waals surface area contributed by atoms with E-state index in [4.69, 9.17) is 0 Å². The predicted molar refractivity (Wildman–Crippen MR) is 107 cm³/mol. The van der Waals surface area contributed by atoms with Crippen molar-refractivity contribution in [2.75, 3.05) is 5.32 Å². The van der Waals surface area contributed by atoms with Gasteiger partial charge in [0.2, 0.25) is 0 Å². The van der Waals surface area contributed by atoms with Gasteiger partial charge in [0.05, 0.1) is 11.4 Å². The average molecular weight is 428 g/mol. The minimum absolute atomic E-state index is 0.224. The molecule has 0 fully saturated rings. The van der Waals surface area contributed by atoms with Crippen molar-refractivity contribution < 1.29 is 9.18 Å². The smallest absolute Gasteiger partial charge is 0.276 e. The number of aromatic nitrogens is 2. The number of nitrogens with one attached hydrogen (secondary N) is 1. The van der Waals surface area contributed by atoms with E-state index in [1.807, 2.05) is 25.1 Å². The van der Waals surface area contributed by atoms with Gasteiger partial charge in [-0.05, 0) is 90.5 Å². The third kappa shape index (κ3) is 3.54. The Balaban J connectivity index is 1.72. The molecule has 0 atom stereocenters. The maximum atomic E-state index is 13.3. The lowest BCUT2D eigenvalue weighted by Crippen LogP contribution is -2.16. The molecule has 1 aromatic heterocycles. The van der Waals surface area contributed by atoms with Gasteiger partial charge in [-0.3, -0.25) is 4.79 Å². The fourth-order valence-corrected chi connectivity index (χ4v) is 4.07. The fraction of sp³-hybridized carbons (Fsp3) is 0.238. The van der Waals surface area contributed by atoms with Gasteiger partial charge in [-0.15, -0.1) is 0 Å². The number of amides is 1. The quantitative estimate of drug-likeness (QED) is 0.623. The van der Waals surface area contributed by atoms with Crippen LogP contribution < -0.4 is 5.32 Å². The van der Waals surface area contributed by atoms with Crippen LogP contribution in [0.5, 0.6) is 0 Å². The Bertz CT molecular complexity index is 1010. The monoisotopic (exact) mass is 427 g/mol. The summed E-state index contributed by atoms with van der Waals surface area (Å²) in [5, 5.41) is 7.56. The van der Waals surface area contributed by atoms with E-state index in [2.05, 4.69) is 26.3 Å². The number of rotatable bonds is 3. The standard InChI is InChI=1S/C21H19BrFN3O/c1-13-6-11-18(17(22)12-13)24-21(27)20-16-4-2-3-5-19(16)26(25-20)15-9-7-14(23)8-10-15/h6-12H,2-5H2,1H3,(H,24,27). The van der Waals surface area contributed by atoms with Crippen molar-refractivity contribution in [1.29, 1.82) is 0 Å². The molecule has 0 saturated carbocycles. The third-order valence-electron chi connectivity index (χ3n) is 4.84. The summed E-state index contributed by atoms with van der Waals surface area (Å²) in [6.07, 6.45) is 3.79. The van der Waals surface area contributed by atoms with Gasteiger partial charge in [-0.2, -0.15) is 5.10 Å². The highest BCUT2D eigenvalue weighted by atomic mass is 79.9. The lowest BCUT2D eigenvalue weighted by molar-refractivity contribution is 0.102. The largest absolute Gasteiger partial charge is 0.320 e. The number of benzene rings is 2. The van der Waals surface area contributed by atoms with E-state index in [0.29, 0.717) is 11.4 Å². The second kappa shape index (κ2) is 7.27. The van der Waals surface area contributed by atoms with Crippen LogP contribution in [0, 0.1) is 12.7 Å². The summed E-state index contributed by atoms with van der Waals surface area (Å²) in [6.45, 7) is 2.00. The van der Waals surface area contributed by atoms with Gasteiger partial charge in [0, 0.05) is 15.7 Å². The van der Waals surface area contributed by atoms with E-state index in [-0.39, 0.29) is 11.7 Å². The molecular weight excluding hydrogens is 409 g/mol. The first kappa shape index (κ1) is 17.9. The molecule has 0 radical (unpaired) electrons. The van der Waals surface area contributed by atoms with E-state index in [0.717, 1.165) is 52.7 Å². The molecule has 0 bridgehead atoms. The molecular formula is C21H19BrFN3O. The summed E-state index contributed by atoms with van der Waals surface area (Å²) in [7, 11) is 0. The number of anilines is 1. The number of halogens is 2. The van der Waals surface area contributed by atoms with Crippen molar-refractivity contribution in [1.82, 2.24) is 9.78 Å². The molecule has 138 valence electrons. The first-order chi connectivity index (χ1) is 13.0. The second-order valence-corrected chi connectivity index (χ2v) is 7.66. The number of aryl methyl sites for hydroxylation is 1. The molecule has 0 unspecified atom stereocenters. The van der Waals surface area contributed by atoms with E-state index < -0.39 is 0 Å². The summed E-state index contributed by atoms with van der Waals surface area (Å²) in [6, 6.07) is 12.0. The fourth-order valence-electron chi connectivity index (χ4n) is 3.48. The predicted octanol–water partition coefficient (Wildman–Crippen LogP) is 5.21. The van der Waals surface area contributed by atoms with Crippen LogP contribution in [0.3, 0.4) is 0 Å². The number of fused-ring (bicyclic) bond motifs is 1. The Morgan fingerprint density at radius 2 is 1.89 bits per heavy atom. The number of hydrogen-bond donors (Lipinski definition) is 1. The van der Waals surface area contributed by atoms with Gasteiger partial charge in [0.25, 0.3) is 5.91 Å². The maximum Gasteiger partial charge on any atom is 0.276 e. The third-order valence-corrected chi connectivity index (χ3v) is 5.50. The van der Waals surface area contributed by atoms with Gasteiger partial charge < -0.3 is 5.32 Å². The molecule has 0 spiro atoms. The van der Waals surface area contributed by atoms with Crippen LogP contribution in [0.15, 0.2) is 46.9 Å². The Labute approximate surface area is 165 Å².